The van der Waals surface area contributed by atoms with Crippen LogP contribution in [0.25, 0.3) is 0 Å². The molecule has 2 aromatic rings. The van der Waals surface area contributed by atoms with E-state index in [1.165, 1.54) is 7.11 Å². The maximum Gasteiger partial charge on any atom is 0.243 e. The standard InChI is InChI=1S/C19H24N2O4S/c1-15(19(22)20-14-13-16-7-5-4-6-8-16)21(26(3,23)24)17-9-11-18(25-2)12-10-17/h4-12,15H,13-14H2,1-3H3,(H,20,22)/t15-/m0/s1. The number of anilines is 1. The summed E-state index contributed by atoms with van der Waals surface area (Å²) in [5.41, 5.74) is 1.52. The van der Waals surface area contributed by atoms with Gasteiger partial charge in [0, 0.05) is 6.54 Å². The van der Waals surface area contributed by atoms with Crippen LogP contribution in [0, 0.1) is 0 Å². The zero-order valence-corrected chi connectivity index (χ0v) is 16.0. The lowest BCUT2D eigenvalue weighted by molar-refractivity contribution is -0.121. The quantitative estimate of drug-likeness (QED) is 0.766. The third-order valence-corrected chi connectivity index (χ3v) is 5.21. The maximum absolute atomic E-state index is 12.5. The van der Waals surface area contributed by atoms with E-state index in [0.29, 0.717) is 24.4 Å². The number of ether oxygens (including phenoxy) is 1. The van der Waals surface area contributed by atoms with Crippen LogP contribution in [-0.4, -0.2) is 40.3 Å². The molecule has 0 radical (unpaired) electrons. The molecule has 7 heteroatoms. The minimum atomic E-state index is -3.63. The number of nitrogens with one attached hydrogen (secondary N) is 1. The van der Waals surface area contributed by atoms with E-state index in [9.17, 15) is 13.2 Å². The molecule has 0 fully saturated rings. The van der Waals surface area contributed by atoms with Crippen LogP contribution >= 0.6 is 0 Å². The van der Waals surface area contributed by atoms with Crippen LogP contribution in [0.5, 0.6) is 5.75 Å². The number of carbonyl (C=O) groups excluding carboxylic acids is 1. The molecule has 0 aliphatic heterocycles. The molecule has 2 rings (SSSR count). The van der Waals surface area contributed by atoms with Crippen molar-refractivity contribution in [1.82, 2.24) is 5.32 Å². The van der Waals surface area contributed by atoms with Crippen LogP contribution in [0.3, 0.4) is 0 Å². The summed E-state index contributed by atoms with van der Waals surface area (Å²) in [6, 6.07) is 15.5. The molecule has 0 heterocycles. The molecule has 1 atom stereocenters. The summed E-state index contributed by atoms with van der Waals surface area (Å²) in [5, 5.41) is 2.81. The van der Waals surface area contributed by atoms with Crippen molar-refractivity contribution >= 4 is 21.6 Å². The molecule has 0 saturated carbocycles. The van der Waals surface area contributed by atoms with Crippen LogP contribution in [0.15, 0.2) is 54.6 Å². The Bertz CT molecular complexity index is 820. The lowest BCUT2D eigenvalue weighted by Gasteiger charge is -2.28. The predicted molar refractivity (Wildman–Crippen MR) is 103 cm³/mol. The Morgan fingerprint density at radius 2 is 1.73 bits per heavy atom. The summed E-state index contributed by atoms with van der Waals surface area (Å²) >= 11 is 0. The van der Waals surface area contributed by atoms with E-state index in [1.807, 2.05) is 30.3 Å². The molecule has 0 aromatic heterocycles. The predicted octanol–water partition coefficient (Wildman–Crippen LogP) is 2.21. The first-order valence-corrected chi connectivity index (χ1v) is 10.1. The van der Waals surface area contributed by atoms with Gasteiger partial charge in [0.1, 0.15) is 11.8 Å². The minimum absolute atomic E-state index is 0.345. The van der Waals surface area contributed by atoms with Crippen LogP contribution in [-0.2, 0) is 21.2 Å². The molecule has 0 unspecified atom stereocenters. The zero-order chi connectivity index (χ0) is 19.2. The average Bonchev–Trinajstić information content (AvgIpc) is 2.62. The lowest BCUT2D eigenvalue weighted by Crippen LogP contribution is -2.48. The van der Waals surface area contributed by atoms with Crippen molar-refractivity contribution in [3.05, 3.63) is 60.2 Å². The molecule has 1 N–H and O–H groups in total. The highest BCUT2D eigenvalue weighted by Crippen LogP contribution is 2.23. The third-order valence-electron chi connectivity index (χ3n) is 3.97. The molecule has 2 aromatic carbocycles. The van der Waals surface area contributed by atoms with Crippen LogP contribution in [0.2, 0.25) is 0 Å². The van der Waals surface area contributed by atoms with Crippen molar-refractivity contribution in [3.63, 3.8) is 0 Å². The fourth-order valence-corrected chi connectivity index (χ4v) is 3.84. The van der Waals surface area contributed by atoms with Crippen LogP contribution in [0.4, 0.5) is 5.69 Å². The Morgan fingerprint density at radius 3 is 2.27 bits per heavy atom. The van der Waals surface area contributed by atoms with Gasteiger partial charge in [-0.05, 0) is 43.2 Å². The number of sulfonamides is 1. The van der Waals surface area contributed by atoms with Crippen molar-refractivity contribution in [2.24, 2.45) is 0 Å². The van der Waals surface area contributed by atoms with Gasteiger partial charge in [-0.1, -0.05) is 30.3 Å². The lowest BCUT2D eigenvalue weighted by atomic mass is 10.1. The van der Waals surface area contributed by atoms with Gasteiger partial charge in [0.25, 0.3) is 0 Å². The van der Waals surface area contributed by atoms with Gasteiger partial charge < -0.3 is 10.1 Å². The van der Waals surface area contributed by atoms with Crippen molar-refractivity contribution in [2.45, 2.75) is 19.4 Å². The first-order valence-electron chi connectivity index (χ1n) is 8.28. The highest BCUT2D eigenvalue weighted by Gasteiger charge is 2.28. The number of rotatable bonds is 8. The smallest absolute Gasteiger partial charge is 0.243 e. The third kappa shape index (κ3) is 5.23. The average molecular weight is 376 g/mol. The summed E-state index contributed by atoms with van der Waals surface area (Å²) in [7, 11) is -2.09. The number of nitrogens with zero attached hydrogens (tertiary/aromatic N) is 1. The molecule has 6 nitrogen and oxygen atoms in total. The van der Waals surface area contributed by atoms with Gasteiger partial charge in [-0.25, -0.2) is 8.42 Å². The van der Waals surface area contributed by atoms with E-state index < -0.39 is 16.1 Å². The highest BCUT2D eigenvalue weighted by atomic mass is 32.2. The number of benzene rings is 2. The molecule has 0 saturated heterocycles. The van der Waals surface area contributed by atoms with E-state index in [0.717, 1.165) is 16.1 Å². The fraction of sp³-hybridized carbons (Fsp3) is 0.316. The van der Waals surface area contributed by atoms with Gasteiger partial charge in [-0.3, -0.25) is 9.10 Å². The minimum Gasteiger partial charge on any atom is -0.497 e. The van der Waals surface area contributed by atoms with Gasteiger partial charge in [-0.15, -0.1) is 0 Å². The first-order chi connectivity index (χ1) is 12.3. The van der Waals surface area contributed by atoms with Crippen molar-refractivity contribution in [2.75, 3.05) is 24.2 Å². The second-order valence-corrected chi connectivity index (χ2v) is 7.82. The topological polar surface area (TPSA) is 75.7 Å². The maximum atomic E-state index is 12.5. The molecule has 140 valence electrons. The van der Waals surface area contributed by atoms with Crippen LogP contribution in [0.1, 0.15) is 12.5 Å². The summed E-state index contributed by atoms with van der Waals surface area (Å²) in [5.74, 6) is 0.268. The van der Waals surface area contributed by atoms with Crippen molar-refractivity contribution in [1.29, 1.82) is 0 Å². The number of amides is 1. The molecule has 0 aliphatic rings. The van der Waals surface area contributed by atoms with Crippen molar-refractivity contribution in [3.8, 4) is 5.75 Å². The fourth-order valence-electron chi connectivity index (χ4n) is 2.66. The second kappa shape index (κ2) is 8.71. The highest BCUT2D eigenvalue weighted by molar-refractivity contribution is 7.92. The normalized spacial score (nSPS) is 12.3. The number of carbonyl (C=O) groups is 1. The molecule has 0 spiro atoms. The Morgan fingerprint density at radius 1 is 1.12 bits per heavy atom. The van der Waals surface area contributed by atoms with Gasteiger partial charge in [0.05, 0.1) is 19.1 Å². The molecule has 1 amide bonds. The molecular weight excluding hydrogens is 352 g/mol. The Balaban J connectivity index is 2.07. The second-order valence-electron chi connectivity index (χ2n) is 5.96. The Kier molecular flexibility index (Phi) is 6.63. The van der Waals surface area contributed by atoms with Gasteiger partial charge >= 0.3 is 0 Å². The summed E-state index contributed by atoms with van der Waals surface area (Å²) < 4.78 is 30.7. The van der Waals surface area contributed by atoms with Crippen molar-refractivity contribution < 1.29 is 17.9 Å². The number of hydrogen-bond donors (Lipinski definition) is 1. The monoisotopic (exact) mass is 376 g/mol. The van der Waals surface area contributed by atoms with Gasteiger partial charge in [0.15, 0.2) is 0 Å². The van der Waals surface area contributed by atoms with Gasteiger partial charge in [0.2, 0.25) is 15.9 Å². The molecular formula is C19H24N2O4S. The van der Waals surface area contributed by atoms with Crippen LogP contribution < -0.4 is 14.4 Å². The largest absolute Gasteiger partial charge is 0.497 e. The Labute approximate surface area is 154 Å². The van der Waals surface area contributed by atoms with E-state index in [-0.39, 0.29) is 5.91 Å². The first kappa shape index (κ1) is 19.8. The summed E-state index contributed by atoms with van der Waals surface area (Å²) in [6.07, 6.45) is 1.77. The number of hydrogen-bond acceptors (Lipinski definition) is 4. The summed E-state index contributed by atoms with van der Waals surface area (Å²) in [6.45, 7) is 2.01. The summed E-state index contributed by atoms with van der Waals surface area (Å²) in [4.78, 5) is 12.5. The van der Waals surface area contributed by atoms with E-state index in [1.54, 1.807) is 31.2 Å². The molecule has 0 aliphatic carbocycles. The zero-order valence-electron chi connectivity index (χ0n) is 15.2. The van der Waals surface area contributed by atoms with E-state index >= 15 is 0 Å². The van der Waals surface area contributed by atoms with Gasteiger partial charge in [-0.2, -0.15) is 0 Å². The molecule has 0 bridgehead atoms. The van der Waals surface area contributed by atoms with E-state index in [4.69, 9.17) is 4.74 Å². The number of methoxy groups -OCH3 is 1. The SMILES string of the molecule is COc1ccc(N([C@@H](C)C(=O)NCCc2ccccc2)S(C)(=O)=O)cc1. The van der Waals surface area contributed by atoms with E-state index in [2.05, 4.69) is 5.32 Å². The Hall–Kier alpha value is -2.54. The molecule has 26 heavy (non-hydrogen) atoms.